The van der Waals surface area contributed by atoms with Crippen molar-refractivity contribution in [2.45, 2.75) is 46.2 Å². The highest BCUT2D eigenvalue weighted by molar-refractivity contribution is 5.70. The van der Waals surface area contributed by atoms with Crippen LogP contribution in [0.1, 0.15) is 36.5 Å². The van der Waals surface area contributed by atoms with Crippen molar-refractivity contribution in [2.24, 2.45) is 5.92 Å². The molecule has 1 aliphatic rings. The summed E-state index contributed by atoms with van der Waals surface area (Å²) in [5.41, 5.74) is 4.04. The summed E-state index contributed by atoms with van der Waals surface area (Å²) < 4.78 is 0. The minimum absolute atomic E-state index is 0.163. The Kier molecular flexibility index (Phi) is 4.25. The van der Waals surface area contributed by atoms with Crippen LogP contribution < -0.4 is 0 Å². The van der Waals surface area contributed by atoms with Gasteiger partial charge in [0.1, 0.15) is 0 Å². The van der Waals surface area contributed by atoms with E-state index in [0.717, 1.165) is 25.9 Å². The molecule has 0 aliphatic carbocycles. The van der Waals surface area contributed by atoms with Gasteiger partial charge >= 0.3 is 5.97 Å². The molecule has 0 saturated carbocycles. The zero-order chi connectivity index (χ0) is 14.0. The zero-order valence-corrected chi connectivity index (χ0v) is 12.0. The van der Waals surface area contributed by atoms with Crippen molar-refractivity contribution in [1.82, 2.24) is 4.90 Å². The van der Waals surface area contributed by atoms with E-state index in [-0.39, 0.29) is 5.92 Å². The van der Waals surface area contributed by atoms with Crippen LogP contribution in [0.5, 0.6) is 0 Å². The number of likely N-dealkylation sites (tertiary alicyclic amines) is 1. The SMILES string of the molecule is Cc1cccc(C)c1CN1CCC(C(=O)O)CC1C. The van der Waals surface area contributed by atoms with E-state index in [1.807, 2.05) is 0 Å². The smallest absolute Gasteiger partial charge is 0.306 e. The lowest BCUT2D eigenvalue weighted by atomic mass is 9.91. The predicted molar refractivity (Wildman–Crippen MR) is 76.1 cm³/mol. The minimum atomic E-state index is -0.640. The molecule has 0 spiro atoms. The van der Waals surface area contributed by atoms with Gasteiger partial charge in [0.05, 0.1) is 5.92 Å². The summed E-state index contributed by atoms with van der Waals surface area (Å²) in [4.78, 5) is 13.5. The molecule has 1 aromatic carbocycles. The normalized spacial score (nSPS) is 24.4. The van der Waals surface area contributed by atoms with Crippen molar-refractivity contribution in [1.29, 1.82) is 0 Å². The number of nitrogens with zero attached hydrogens (tertiary/aromatic N) is 1. The molecular weight excluding hydrogens is 238 g/mol. The molecule has 0 amide bonds. The zero-order valence-electron chi connectivity index (χ0n) is 12.0. The fourth-order valence-electron chi connectivity index (χ4n) is 2.98. The van der Waals surface area contributed by atoms with Crippen LogP contribution in [0.25, 0.3) is 0 Å². The topological polar surface area (TPSA) is 40.5 Å². The van der Waals surface area contributed by atoms with Crippen LogP contribution in [0.4, 0.5) is 0 Å². The second-order valence-corrected chi connectivity index (χ2v) is 5.75. The van der Waals surface area contributed by atoms with Crippen molar-refractivity contribution < 1.29 is 9.90 Å². The number of piperidine rings is 1. The first-order chi connectivity index (χ1) is 8.99. The maximum absolute atomic E-state index is 11.1. The molecule has 0 aromatic heterocycles. The number of hydrogen-bond acceptors (Lipinski definition) is 2. The monoisotopic (exact) mass is 261 g/mol. The van der Waals surface area contributed by atoms with Gasteiger partial charge in [-0.1, -0.05) is 18.2 Å². The molecular formula is C16H23NO2. The first-order valence-corrected chi connectivity index (χ1v) is 7.01. The van der Waals surface area contributed by atoms with Crippen LogP contribution in [0.2, 0.25) is 0 Å². The Hall–Kier alpha value is -1.35. The van der Waals surface area contributed by atoms with Crippen LogP contribution >= 0.6 is 0 Å². The Morgan fingerprint density at radius 2 is 2.00 bits per heavy atom. The number of carbonyl (C=O) groups is 1. The molecule has 2 unspecified atom stereocenters. The van der Waals surface area contributed by atoms with Gasteiger partial charge < -0.3 is 5.11 Å². The van der Waals surface area contributed by atoms with Crippen LogP contribution in [-0.4, -0.2) is 28.6 Å². The van der Waals surface area contributed by atoms with Crippen molar-refractivity contribution in [2.75, 3.05) is 6.54 Å². The lowest BCUT2D eigenvalue weighted by molar-refractivity contribution is -0.144. The van der Waals surface area contributed by atoms with Crippen molar-refractivity contribution >= 4 is 5.97 Å². The maximum atomic E-state index is 11.1. The molecule has 104 valence electrons. The molecule has 1 fully saturated rings. The highest BCUT2D eigenvalue weighted by atomic mass is 16.4. The molecule has 2 atom stereocenters. The summed E-state index contributed by atoms with van der Waals surface area (Å²) in [5.74, 6) is -0.803. The van der Waals surface area contributed by atoms with Gasteiger partial charge in [0.2, 0.25) is 0 Å². The van der Waals surface area contributed by atoms with Crippen molar-refractivity contribution in [3.63, 3.8) is 0 Å². The Balaban J connectivity index is 2.06. The largest absolute Gasteiger partial charge is 0.481 e. The van der Waals surface area contributed by atoms with Gasteiger partial charge in [0, 0.05) is 12.6 Å². The van der Waals surface area contributed by atoms with E-state index in [1.165, 1.54) is 16.7 Å². The average Bonchev–Trinajstić information content (AvgIpc) is 2.35. The first-order valence-electron chi connectivity index (χ1n) is 7.01. The number of aliphatic carboxylic acids is 1. The Bertz CT molecular complexity index is 450. The quantitative estimate of drug-likeness (QED) is 0.909. The summed E-state index contributed by atoms with van der Waals surface area (Å²) in [6.07, 6.45) is 1.53. The first kappa shape index (κ1) is 14.1. The number of hydrogen-bond donors (Lipinski definition) is 1. The maximum Gasteiger partial charge on any atom is 0.306 e. The molecule has 0 bridgehead atoms. The Morgan fingerprint density at radius 1 is 1.37 bits per heavy atom. The molecule has 1 N–H and O–H groups in total. The number of aryl methyl sites for hydroxylation is 2. The highest BCUT2D eigenvalue weighted by Crippen LogP contribution is 2.26. The van der Waals surface area contributed by atoms with Gasteiger partial charge in [-0.25, -0.2) is 0 Å². The van der Waals surface area contributed by atoms with Gasteiger partial charge in [0.15, 0.2) is 0 Å². The molecule has 0 radical (unpaired) electrons. The molecule has 1 aliphatic heterocycles. The summed E-state index contributed by atoms with van der Waals surface area (Å²) >= 11 is 0. The van der Waals surface area contributed by atoms with Gasteiger partial charge in [-0.05, 0) is 56.8 Å². The van der Waals surface area contributed by atoms with Crippen LogP contribution in [0, 0.1) is 19.8 Å². The number of carboxylic acid groups (broad SMARTS) is 1. The molecule has 3 nitrogen and oxygen atoms in total. The van der Waals surface area contributed by atoms with Gasteiger partial charge in [-0.15, -0.1) is 0 Å². The molecule has 1 saturated heterocycles. The van der Waals surface area contributed by atoms with Gasteiger partial charge in [-0.2, -0.15) is 0 Å². The van der Waals surface area contributed by atoms with Crippen molar-refractivity contribution in [3.8, 4) is 0 Å². The second-order valence-electron chi connectivity index (χ2n) is 5.75. The summed E-state index contributed by atoms with van der Waals surface area (Å²) in [7, 11) is 0. The standard InChI is InChI=1S/C16H23NO2/c1-11-5-4-6-12(2)15(11)10-17-8-7-14(16(18)19)9-13(17)3/h4-6,13-14H,7-10H2,1-3H3,(H,18,19). The minimum Gasteiger partial charge on any atom is -0.481 e. The third kappa shape index (κ3) is 3.16. The van der Waals surface area contributed by atoms with E-state index < -0.39 is 5.97 Å². The van der Waals surface area contributed by atoms with Crippen LogP contribution in [-0.2, 0) is 11.3 Å². The average molecular weight is 261 g/mol. The third-order valence-corrected chi connectivity index (χ3v) is 4.37. The lowest BCUT2D eigenvalue weighted by Gasteiger charge is -2.36. The van der Waals surface area contributed by atoms with E-state index in [2.05, 4.69) is 43.9 Å². The molecule has 1 aromatic rings. The number of carboxylic acids is 1. The fraction of sp³-hybridized carbons (Fsp3) is 0.562. The lowest BCUT2D eigenvalue weighted by Crippen LogP contribution is -2.42. The van der Waals surface area contributed by atoms with Crippen molar-refractivity contribution in [3.05, 3.63) is 34.9 Å². The molecule has 3 heteroatoms. The number of benzene rings is 1. The number of rotatable bonds is 3. The van der Waals surface area contributed by atoms with E-state index in [0.29, 0.717) is 6.04 Å². The van der Waals surface area contributed by atoms with E-state index in [1.54, 1.807) is 0 Å². The van der Waals surface area contributed by atoms with E-state index in [4.69, 9.17) is 5.11 Å². The van der Waals surface area contributed by atoms with E-state index in [9.17, 15) is 4.79 Å². The second kappa shape index (κ2) is 5.74. The summed E-state index contributed by atoms with van der Waals surface area (Å²) in [5, 5.41) is 9.10. The summed E-state index contributed by atoms with van der Waals surface area (Å²) in [6.45, 7) is 8.26. The molecule has 19 heavy (non-hydrogen) atoms. The highest BCUT2D eigenvalue weighted by Gasteiger charge is 2.29. The Labute approximate surface area is 115 Å². The van der Waals surface area contributed by atoms with E-state index >= 15 is 0 Å². The molecule has 1 heterocycles. The van der Waals surface area contributed by atoms with Crippen LogP contribution in [0.3, 0.4) is 0 Å². The predicted octanol–water partition coefficient (Wildman–Crippen LogP) is 2.99. The fourth-order valence-corrected chi connectivity index (χ4v) is 2.98. The van der Waals surface area contributed by atoms with Gasteiger partial charge in [-0.3, -0.25) is 9.69 Å². The third-order valence-electron chi connectivity index (χ3n) is 4.37. The Morgan fingerprint density at radius 3 is 2.53 bits per heavy atom. The van der Waals surface area contributed by atoms with Crippen LogP contribution in [0.15, 0.2) is 18.2 Å². The van der Waals surface area contributed by atoms with Gasteiger partial charge in [0.25, 0.3) is 0 Å². The summed E-state index contributed by atoms with van der Waals surface area (Å²) in [6, 6.07) is 6.73. The molecule has 2 rings (SSSR count).